The minimum atomic E-state index is -0.703. The third-order valence-electron chi connectivity index (χ3n) is 4.31. The lowest BCUT2D eigenvalue weighted by atomic mass is 10.1. The van der Waals surface area contributed by atoms with Gasteiger partial charge in [0.2, 0.25) is 5.75 Å². The Hall–Kier alpha value is -3.53. The molecule has 10 heteroatoms. The SMILES string of the molecule is O=C(COc1cc(F)ccc1[N+](=O)[O-])N1N=C(c2cccs2)C[C@H]1c1ccco1. The highest BCUT2D eigenvalue weighted by Gasteiger charge is 2.35. The Kier molecular flexibility index (Phi) is 5.09. The van der Waals surface area contributed by atoms with Gasteiger partial charge in [0.05, 0.1) is 21.8 Å². The zero-order valence-corrected chi connectivity index (χ0v) is 15.7. The zero-order chi connectivity index (χ0) is 20.4. The van der Waals surface area contributed by atoms with Gasteiger partial charge in [-0.3, -0.25) is 14.9 Å². The Morgan fingerprint density at radius 1 is 1.38 bits per heavy atom. The van der Waals surface area contributed by atoms with E-state index in [1.54, 1.807) is 12.1 Å². The topological polar surface area (TPSA) is 98.2 Å². The van der Waals surface area contributed by atoms with Crippen LogP contribution in [0.15, 0.2) is 63.6 Å². The molecule has 0 aliphatic carbocycles. The fourth-order valence-electron chi connectivity index (χ4n) is 2.99. The molecule has 1 atom stereocenters. The van der Waals surface area contributed by atoms with Crippen molar-refractivity contribution in [2.24, 2.45) is 5.10 Å². The maximum Gasteiger partial charge on any atom is 0.311 e. The van der Waals surface area contributed by atoms with Crippen LogP contribution in [-0.4, -0.2) is 28.2 Å². The number of amides is 1. The summed E-state index contributed by atoms with van der Waals surface area (Å²) in [5.74, 6) is -0.993. The van der Waals surface area contributed by atoms with Crippen molar-refractivity contribution in [1.82, 2.24) is 5.01 Å². The Morgan fingerprint density at radius 3 is 2.93 bits per heavy atom. The van der Waals surface area contributed by atoms with E-state index in [0.29, 0.717) is 12.2 Å². The van der Waals surface area contributed by atoms with Crippen molar-refractivity contribution in [3.63, 3.8) is 0 Å². The monoisotopic (exact) mass is 415 g/mol. The number of thiophene rings is 1. The Morgan fingerprint density at radius 2 is 2.24 bits per heavy atom. The van der Waals surface area contributed by atoms with Crippen LogP contribution in [0.25, 0.3) is 0 Å². The first-order valence-electron chi connectivity index (χ1n) is 8.56. The maximum absolute atomic E-state index is 13.5. The minimum absolute atomic E-state index is 0.320. The molecule has 0 radical (unpaired) electrons. The molecule has 0 spiro atoms. The van der Waals surface area contributed by atoms with E-state index in [2.05, 4.69) is 5.10 Å². The molecule has 0 unspecified atom stereocenters. The standard InChI is InChI=1S/C19H14FN3O5S/c20-12-5-6-14(23(25)26)17(9-12)28-11-19(24)22-15(16-3-1-7-27-16)10-13(21-22)18-4-2-8-29-18/h1-9,15H,10-11H2/t15-/m0/s1. The molecule has 29 heavy (non-hydrogen) atoms. The van der Waals surface area contributed by atoms with Crippen LogP contribution in [0.3, 0.4) is 0 Å². The van der Waals surface area contributed by atoms with E-state index < -0.39 is 35.0 Å². The van der Waals surface area contributed by atoms with Crippen LogP contribution >= 0.6 is 11.3 Å². The van der Waals surface area contributed by atoms with Gasteiger partial charge < -0.3 is 9.15 Å². The van der Waals surface area contributed by atoms with E-state index in [1.807, 2.05) is 17.5 Å². The molecule has 1 aliphatic heterocycles. The number of halogens is 1. The number of ether oxygens (including phenoxy) is 1. The molecule has 3 aromatic rings. The van der Waals surface area contributed by atoms with Crippen molar-refractivity contribution < 1.29 is 23.3 Å². The average Bonchev–Trinajstić information content (AvgIpc) is 3.46. The number of carbonyl (C=O) groups is 1. The summed E-state index contributed by atoms with van der Waals surface area (Å²) in [6.07, 6.45) is 1.97. The van der Waals surface area contributed by atoms with Crippen LogP contribution in [0.5, 0.6) is 5.75 Å². The normalized spacial score (nSPS) is 16.0. The van der Waals surface area contributed by atoms with Crippen LogP contribution < -0.4 is 4.74 Å². The summed E-state index contributed by atoms with van der Waals surface area (Å²) in [5, 5.41) is 18.7. The second kappa shape index (κ2) is 7.84. The van der Waals surface area contributed by atoms with Crippen molar-refractivity contribution >= 4 is 28.6 Å². The molecular weight excluding hydrogens is 401 g/mol. The van der Waals surface area contributed by atoms with Gasteiger partial charge in [0, 0.05) is 18.6 Å². The maximum atomic E-state index is 13.5. The van der Waals surface area contributed by atoms with Gasteiger partial charge in [-0.2, -0.15) is 5.10 Å². The minimum Gasteiger partial charge on any atom is -0.477 e. The summed E-state index contributed by atoms with van der Waals surface area (Å²) in [6.45, 7) is -0.539. The predicted molar refractivity (Wildman–Crippen MR) is 102 cm³/mol. The quantitative estimate of drug-likeness (QED) is 0.445. The van der Waals surface area contributed by atoms with Crippen LogP contribution in [0, 0.1) is 15.9 Å². The first kappa shape index (κ1) is 18.8. The number of nitrogens with zero attached hydrogens (tertiary/aromatic N) is 3. The molecular formula is C19H14FN3O5S. The molecule has 2 aromatic heterocycles. The van der Waals surface area contributed by atoms with Crippen molar-refractivity contribution in [3.05, 3.63) is 80.7 Å². The van der Waals surface area contributed by atoms with E-state index in [9.17, 15) is 19.3 Å². The fraction of sp³-hybridized carbons (Fsp3) is 0.158. The third-order valence-corrected chi connectivity index (χ3v) is 5.23. The summed E-state index contributed by atoms with van der Waals surface area (Å²) in [6, 6.07) is 9.62. The number of rotatable bonds is 6. The second-order valence-electron chi connectivity index (χ2n) is 6.16. The Labute approximate surface area is 168 Å². The van der Waals surface area contributed by atoms with E-state index in [1.165, 1.54) is 22.6 Å². The zero-order valence-electron chi connectivity index (χ0n) is 14.9. The lowest BCUT2D eigenvalue weighted by Crippen LogP contribution is -2.31. The second-order valence-corrected chi connectivity index (χ2v) is 7.10. The molecule has 0 fully saturated rings. The van der Waals surface area contributed by atoms with Crippen LogP contribution in [-0.2, 0) is 4.79 Å². The largest absolute Gasteiger partial charge is 0.477 e. The molecule has 0 saturated carbocycles. The number of hydrazone groups is 1. The molecule has 0 bridgehead atoms. The molecule has 1 aromatic carbocycles. The van der Waals surface area contributed by atoms with E-state index in [-0.39, 0.29) is 5.75 Å². The number of nitro benzene ring substituents is 1. The van der Waals surface area contributed by atoms with E-state index in [0.717, 1.165) is 28.8 Å². The first-order chi connectivity index (χ1) is 14.0. The number of benzene rings is 1. The Bertz CT molecular complexity index is 1070. The Balaban J connectivity index is 1.56. The highest BCUT2D eigenvalue weighted by Crippen LogP contribution is 2.34. The molecule has 8 nitrogen and oxygen atoms in total. The smallest absolute Gasteiger partial charge is 0.311 e. The summed E-state index contributed by atoms with van der Waals surface area (Å²) in [5.41, 5.74) is 0.303. The van der Waals surface area contributed by atoms with Crippen molar-refractivity contribution in [2.75, 3.05) is 6.61 Å². The van der Waals surface area contributed by atoms with Gasteiger partial charge in [-0.05, 0) is 29.6 Å². The van der Waals surface area contributed by atoms with Gasteiger partial charge in [0.25, 0.3) is 5.91 Å². The molecule has 1 amide bonds. The summed E-state index contributed by atoms with van der Waals surface area (Å²) in [4.78, 5) is 24.1. The molecule has 4 rings (SSSR count). The van der Waals surface area contributed by atoms with Crippen molar-refractivity contribution in [2.45, 2.75) is 12.5 Å². The molecule has 1 aliphatic rings. The van der Waals surface area contributed by atoms with Gasteiger partial charge in [-0.25, -0.2) is 9.40 Å². The number of hydrogen-bond donors (Lipinski definition) is 0. The molecule has 0 saturated heterocycles. The summed E-state index contributed by atoms with van der Waals surface area (Å²) in [7, 11) is 0. The van der Waals surface area contributed by atoms with Crippen LogP contribution in [0.4, 0.5) is 10.1 Å². The lowest BCUT2D eigenvalue weighted by Gasteiger charge is -2.19. The lowest BCUT2D eigenvalue weighted by molar-refractivity contribution is -0.385. The number of furan rings is 1. The van der Waals surface area contributed by atoms with Gasteiger partial charge >= 0.3 is 5.69 Å². The van der Waals surface area contributed by atoms with Gasteiger partial charge in [-0.1, -0.05) is 6.07 Å². The number of nitro groups is 1. The molecule has 0 N–H and O–H groups in total. The summed E-state index contributed by atoms with van der Waals surface area (Å²) < 4.78 is 24.2. The van der Waals surface area contributed by atoms with Crippen LogP contribution in [0.2, 0.25) is 0 Å². The highest BCUT2D eigenvalue weighted by atomic mass is 32.1. The number of hydrogen-bond acceptors (Lipinski definition) is 7. The molecule has 148 valence electrons. The van der Waals surface area contributed by atoms with E-state index >= 15 is 0 Å². The third kappa shape index (κ3) is 3.87. The van der Waals surface area contributed by atoms with E-state index in [4.69, 9.17) is 9.15 Å². The first-order valence-corrected chi connectivity index (χ1v) is 9.44. The van der Waals surface area contributed by atoms with Gasteiger partial charge in [-0.15, -0.1) is 11.3 Å². The van der Waals surface area contributed by atoms with Gasteiger partial charge in [0.1, 0.15) is 17.6 Å². The van der Waals surface area contributed by atoms with Crippen molar-refractivity contribution in [3.8, 4) is 5.75 Å². The van der Waals surface area contributed by atoms with Crippen LogP contribution in [0.1, 0.15) is 23.1 Å². The number of carbonyl (C=O) groups excluding carboxylic acids is 1. The fourth-order valence-corrected chi connectivity index (χ4v) is 3.72. The van der Waals surface area contributed by atoms with Gasteiger partial charge in [0.15, 0.2) is 6.61 Å². The van der Waals surface area contributed by atoms with Crippen molar-refractivity contribution in [1.29, 1.82) is 0 Å². The predicted octanol–water partition coefficient (Wildman–Crippen LogP) is 4.15. The highest BCUT2D eigenvalue weighted by molar-refractivity contribution is 7.12. The summed E-state index contributed by atoms with van der Waals surface area (Å²) >= 11 is 1.50. The average molecular weight is 415 g/mol. The molecule has 3 heterocycles.